The maximum atomic E-state index is 10.9. The van der Waals surface area contributed by atoms with Crippen LogP contribution in [0.3, 0.4) is 0 Å². The molecule has 14 heavy (non-hydrogen) atoms. The summed E-state index contributed by atoms with van der Waals surface area (Å²) in [7, 11) is 0. The Balaban J connectivity index is 2.20. The van der Waals surface area contributed by atoms with Crippen molar-refractivity contribution in [3.05, 3.63) is 0 Å². The first kappa shape index (κ1) is 11.8. The molecule has 1 atom stereocenters. The van der Waals surface area contributed by atoms with Crippen LogP contribution in [0.15, 0.2) is 0 Å². The molecule has 1 fully saturated rings. The molecule has 0 aromatic rings. The lowest BCUT2D eigenvalue weighted by Crippen LogP contribution is -2.47. The summed E-state index contributed by atoms with van der Waals surface area (Å²) in [6.07, 6.45) is 0.132. The number of morpholine rings is 1. The average molecular weight is 218 g/mol. The van der Waals surface area contributed by atoms with Crippen molar-refractivity contribution in [3.63, 3.8) is 0 Å². The van der Waals surface area contributed by atoms with Gasteiger partial charge >= 0.3 is 0 Å². The van der Waals surface area contributed by atoms with Crippen LogP contribution in [0.5, 0.6) is 0 Å². The lowest BCUT2D eigenvalue weighted by atomic mass is 10.2. The Morgan fingerprint density at radius 3 is 3.14 bits per heavy atom. The first-order chi connectivity index (χ1) is 6.76. The monoisotopic (exact) mass is 218 g/mol. The number of rotatable bonds is 4. The summed E-state index contributed by atoms with van der Waals surface area (Å²) in [6, 6.07) is 0. The van der Waals surface area contributed by atoms with E-state index in [9.17, 15) is 4.79 Å². The van der Waals surface area contributed by atoms with Gasteiger partial charge in [0.25, 0.3) is 0 Å². The van der Waals surface area contributed by atoms with Gasteiger partial charge in [-0.2, -0.15) is 12.6 Å². The lowest BCUT2D eigenvalue weighted by molar-refractivity contribution is -0.119. The molecule has 0 aromatic carbocycles. The van der Waals surface area contributed by atoms with Crippen molar-refractivity contribution in [2.75, 3.05) is 38.5 Å². The number of carbonyl (C=O) groups excluding carboxylic acids is 1. The zero-order valence-corrected chi connectivity index (χ0v) is 9.43. The number of nitrogens with zero attached hydrogens (tertiary/aromatic N) is 1. The third kappa shape index (κ3) is 3.86. The Labute approximate surface area is 90.4 Å². The summed E-state index contributed by atoms with van der Waals surface area (Å²) < 4.78 is 5.52. The minimum Gasteiger partial charge on any atom is -0.374 e. The quantitative estimate of drug-likeness (QED) is 0.640. The third-order valence-corrected chi connectivity index (χ3v) is 2.63. The third-order valence-electron chi connectivity index (χ3n) is 2.34. The van der Waals surface area contributed by atoms with Gasteiger partial charge < -0.3 is 10.1 Å². The van der Waals surface area contributed by atoms with Crippen molar-refractivity contribution in [1.82, 2.24) is 10.2 Å². The number of carbonyl (C=O) groups is 1. The minimum atomic E-state index is -0.0365. The van der Waals surface area contributed by atoms with Crippen LogP contribution in [0.2, 0.25) is 0 Å². The van der Waals surface area contributed by atoms with E-state index >= 15 is 0 Å². The van der Waals surface area contributed by atoms with E-state index in [1.165, 1.54) is 0 Å². The molecule has 82 valence electrons. The molecular formula is C9H18N2O2S. The molecule has 1 rings (SSSR count). The van der Waals surface area contributed by atoms with Crippen LogP contribution in [-0.4, -0.2) is 55.4 Å². The van der Waals surface area contributed by atoms with Gasteiger partial charge in [0, 0.05) is 19.6 Å². The molecular weight excluding hydrogens is 200 g/mol. The first-order valence-electron chi connectivity index (χ1n) is 4.97. The number of nitrogens with one attached hydrogen (secondary N) is 1. The van der Waals surface area contributed by atoms with E-state index < -0.39 is 0 Å². The van der Waals surface area contributed by atoms with Crippen molar-refractivity contribution in [1.29, 1.82) is 0 Å². The van der Waals surface area contributed by atoms with Crippen LogP contribution in [-0.2, 0) is 9.53 Å². The Hall–Kier alpha value is -0.260. The topological polar surface area (TPSA) is 41.6 Å². The van der Waals surface area contributed by atoms with Gasteiger partial charge in [-0.15, -0.1) is 0 Å². The highest BCUT2D eigenvalue weighted by Gasteiger charge is 2.19. The Kier molecular flexibility index (Phi) is 5.29. The van der Waals surface area contributed by atoms with E-state index in [1.54, 1.807) is 0 Å². The van der Waals surface area contributed by atoms with E-state index in [2.05, 4.69) is 29.8 Å². The maximum Gasteiger partial charge on any atom is 0.229 e. The van der Waals surface area contributed by atoms with Gasteiger partial charge in [0.05, 0.1) is 18.5 Å². The van der Waals surface area contributed by atoms with Crippen LogP contribution < -0.4 is 5.32 Å². The number of ether oxygens (including phenoxy) is 1. The number of likely N-dealkylation sites (N-methyl/N-ethyl adjacent to an activating group) is 1. The largest absolute Gasteiger partial charge is 0.374 e. The summed E-state index contributed by atoms with van der Waals surface area (Å²) in [4.78, 5) is 13.3. The molecule has 1 aliphatic heterocycles. The summed E-state index contributed by atoms with van der Waals surface area (Å²) in [5.41, 5.74) is 0. The van der Waals surface area contributed by atoms with E-state index in [0.717, 1.165) is 26.2 Å². The minimum absolute atomic E-state index is 0.0365. The van der Waals surface area contributed by atoms with Gasteiger partial charge in [0.15, 0.2) is 0 Å². The first-order valence-corrected chi connectivity index (χ1v) is 5.61. The highest BCUT2D eigenvalue weighted by Crippen LogP contribution is 2.03. The standard InChI is InChI=1S/C9H18N2O2S/c1-2-11-3-4-13-8(6-11)5-10-9(12)7-14/h8,14H,2-7H2,1H3,(H,10,12). The molecule has 1 saturated heterocycles. The second-order valence-corrected chi connectivity index (χ2v) is 3.66. The van der Waals surface area contributed by atoms with Gasteiger partial charge in [-0.05, 0) is 6.54 Å². The second kappa shape index (κ2) is 6.27. The van der Waals surface area contributed by atoms with E-state index in [-0.39, 0.29) is 17.8 Å². The SMILES string of the molecule is CCN1CCOC(CNC(=O)CS)C1. The van der Waals surface area contributed by atoms with Crippen molar-refractivity contribution < 1.29 is 9.53 Å². The van der Waals surface area contributed by atoms with Crippen LogP contribution in [0, 0.1) is 0 Å². The molecule has 0 bridgehead atoms. The van der Waals surface area contributed by atoms with E-state index in [1.807, 2.05) is 0 Å². The smallest absolute Gasteiger partial charge is 0.229 e. The predicted octanol–water partition coefficient (Wildman–Crippen LogP) is -0.247. The second-order valence-electron chi connectivity index (χ2n) is 3.35. The molecule has 1 amide bonds. The highest BCUT2D eigenvalue weighted by molar-refractivity contribution is 7.81. The average Bonchev–Trinajstić information content (AvgIpc) is 2.26. The van der Waals surface area contributed by atoms with Gasteiger partial charge in [0.2, 0.25) is 5.91 Å². The molecule has 4 nitrogen and oxygen atoms in total. The fourth-order valence-electron chi connectivity index (χ4n) is 1.47. The molecule has 1 N–H and O–H groups in total. The van der Waals surface area contributed by atoms with E-state index in [4.69, 9.17) is 4.74 Å². The normalized spacial score (nSPS) is 23.4. The molecule has 0 aliphatic carbocycles. The van der Waals surface area contributed by atoms with Crippen LogP contribution in [0.1, 0.15) is 6.92 Å². The van der Waals surface area contributed by atoms with E-state index in [0.29, 0.717) is 6.54 Å². The molecule has 1 heterocycles. The number of hydrogen-bond donors (Lipinski definition) is 2. The maximum absolute atomic E-state index is 10.9. The van der Waals surface area contributed by atoms with Gasteiger partial charge in [-0.1, -0.05) is 6.92 Å². The molecule has 0 radical (unpaired) electrons. The van der Waals surface area contributed by atoms with Crippen molar-refractivity contribution in [2.45, 2.75) is 13.0 Å². The van der Waals surface area contributed by atoms with Crippen molar-refractivity contribution in [2.24, 2.45) is 0 Å². The summed E-state index contributed by atoms with van der Waals surface area (Å²) in [6.45, 7) is 6.43. The summed E-state index contributed by atoms with van der Waals surface area (Å²) >= 11 is 3.89. The summed E-state index contributed by atoms with van der Waals surface area (Å²) in [5, 5.41) is 2.78. The molecule has 1 aliphatic rings. The molecule has 5 heteroatoms. The number of thiol groups is 1. The van der Waals surface area contributed by atoms with Crippen molar-refractivity contribution >= 4 is 18.5 Å². The van der Waals surface area contributed by atoms with Crippen LogP contribution in [0.25, 0.3) is 0 Å². The summed E-state index contributed by atoms with van der Waals surface area (Å²) in [5.74, 6) is 0.204. The molecule has 0 aromatic heterocycles. The van der Waals surface area contributed by atoms with Gasteiger partial charge in [0.1, 0.15) is 0 Å². The molecule has 0 saturated carbocycles. The molecule has 1 unspecified atom stereocenters. The van der Waals surface area contributed by atoms with Gasteiger partial charge in [-0.25, -0.2) is 0 Å². The Morgan fingerprint density at radius 1 is 1.71 bits per heavy atom. The fourth-order valence-corrected chi connectivity index (χ4v) is 1.59. The fraction of sp³-hybridized carbons (Fsp3) is 0.889. The van der Waals surface area contributed by atoms with Crippen LogP contribution >= 0.6 is 12.6 Å². The van der Waals surface area contributed by atoms with Gasteiger partial charge in [-0.3, -0.25) is 9.69 Å². The lowest BCUT2D eigenvalue weighted by Gasteiger charge is -2.32. The van der Waals surface area contributed by atoms with Crippen molar-refractivity contribution in [3.8, 4) is 0 Å². The number of hydrogen-bond acceptors (Lipinski definition) is 4. The Morgan fingerprint density at radius 2 is 2.50 bits per heavy atom. The van der Waals surface area contributed by atoms with Crippen LogP contribution in [0.4, 0.5) is 0 Å². The zero-order valence-electron chi connectivity index (χ0n) is 8.53. The predicted molar refractivity (Wildman–Crippen MR) is 58.7 cm³/mol. The highest BCUT2D eigenvalue weighted by atomic mass is 32.1. The Bertz CT molecular complexity index is 190. The number of amides is 1. The molecule has 0 spiro atoms. The zero-order chi connectivity index (χ0) is 10.4.